The summed E-state index contributed by atoms with van der Waals surface area (Å²) in [6.07, 6.45) is 2.75. The first-order valence-corrected chi connectivity index (χ1v) is 4.55. The second kappa shape index (κ2) is 3.90. The third kappa shape index (κ3) is 1.85. The molecule has 0 aliphatic rings. The van der Waals surface area contributed by atoms with Crippen molar-refractivity contribution in [1.82, 2.24) is 4.57 Å². The summed E-state index contributed by atoms with van der Waals surface area (Å²) >= 11 is 0. The number of hydrogen-bond donors (Lipinski definition) is 0. The average molecular weight is 199 g/mol. The summed E-state index contributed by atoms with van der Waals surface area (Å²) in [4.78, 5) is 13.9. The maximum atomic E-state index is 11.2. The largest absolute Gasteiger partial charge is 0.361 e. The molecule has 1 heterocycles. The Labute approximate surface area is 86.4 Å². The first-order chi connectivity index (χ1) is 7.31. The van der Waals surface area contributed by atoms with E-state index < -0.39 is 0 Å². The van der Waals surface area contributed by atoms with Crippen LogP contribution in [0.15, 0.2) is 36.5 Å². The van der Waals surface area contributed by atoms with Crippen LogP contribution in [0.3, 0.4) is 0 Å². The smallest absolute Gasteiger partial charge is 0.325 e. The topological polar surface area (TPSA) is 58.4 Å². The molecule has 0 aliphatic heterocycles. The van der Waals surface area contributed by atoms with E-state index in [1.807, 2.05) is 41.1 Å². The molecule has 0 fully saturated rings. The Hall–Kier alpha value is -2.19. The van der Waals surface area contributed by atoms with Gasteiger partial charge in [-0.25, -0.2) is 0 Å². The molecule has 0 aliphatic carbocycles. The highest BCUT2D eigenvalue weighted by Gasteiger charge is 2.06. The molecule has 74 valence electrons. The minimum Gasteiger partial charge on any atom is -0.361 e. The second-order valence-corrected chi connectivity index (χ2v) is 3.21. The van der Waals surface area contributed by atoms with Gasteiger partial charge in [0.15, 0.2) is 0 Å². The van der Waals surface area contributed by atoms with Gasteiger partial charge >= 0.3 is 6.21 Å². The Balaban J connectivity index is 2.36. The lowest BCUT2D eigenvalue weighted by Crippen LogP contribution is -2.10. The summed E-state index contributed by atoms with van der Waals surface area (Å²) in [6, 6.07) is 9.74. The van der Waals surface area contributed by atoms with Crippen LogP contribution < -0.4 is 0 Å². The minimum atomic E-state index is -0.237. The number of aromatic nitrogens is 1. The van der Waals surface area contributed by atoms with Gasteiger partial charge in [-0.1, -0.05) is 18.2 Å². The Morgan fingerprint density at radius 2 is 2.20 bits per heavy atom. The first kappa shape index (κ1) is 9.37. The number of carbonyl (C=O) groups is 1. The van der Waals surface area contributed by atoms with E-state index in [1.54, 1.807) is 0 Å². The van der Waals surface area contributed by atoms with Crippen LogP contribution in [0, 0.1) is 0 Å². The second-order valence-electron chi connectivity index (χ2n) is 3.21. The summed E-state index contributed by atoms with van der Waals surface area (Å²) in [7, 11) is 0. The van der Waals surface area contributed by atoms with E-state index in [9.17, 15) is 4.79 Å². The highest BCUT2D eigenvalue weighted by atomic mass is 16.1. The molecule has 4 heteroatoms. The van der Waals surface area contributed by atoms with Gasteiger partial charge < -0.3 is 10.1 Å². The van der Waals surface area contributed by atoms with Crippen molar-refractivity contribution in [2.24, 2.45) is 0 Å². The van der Waals surface area contributed by atoms with E-state index in [4.69, 9.17) is 5.53 Å². The number of benzene rings is 1. The fourth-order valence-electron chi connectivity index (χ4n) is 1.55. The Morgan fingerprint density at radius 1 is 1.40 bits per heavy atom. The lowest BCUT2D eigenvalue weighted by molar-refractivity contribution is -0.116. The van der Waals surface area contributed by atoms with Gasteiger partial charge in [-0.3, -0.25) is 4.79 Å². The summed E-state index contributed by atoms with van der Waals surface area (Å²) in [6.45, 7) is 0.192. The minimum absolute atomic E-state index is 0.192. The number of fused-ring (bicyclic) bond motifs is 1. The number of hydrogen-bond acceptors (Lipinski definition) is 1. The molecule has 0 saturated carbocycles. The summed E-state index contributed by atoms with van der Waals surface area (Å²) in [5.74, 6) is -0.237. The molecule has 0 spiro atoms. The van der Waals surface area contributed by atoms with Gasteiger partial charge in [-0.05, 0) is 17.5 Å². The number of nitrogens with zero attached hydrogens (tertiary/aromatic N) is 3. The van der Waals surface area contributed by atoms with E-state index in [-0.39, 0.29) is 12.3 Å². The van der Waals surface area contributed by atoms with E-state index >= 15 is 0 Å². The van der Waals surface area contributed by atoms with Gasteiger partial charge in [0.1, 0.15) is 0 Å². The molecule has 0 unspecified atom stereocenters. The Bertz CT molecular complexity index is 550. The van der Waals surface area contributed by atoms with Crippen molar-refractivity contribution in [3.05, 3.63) is 42.1 Å². The van der Waals surface area contributed by atoms with Gasteiger partial charge in [0, 0.05) is 11.7 Å². The van der Waals surface area contributed by atoms with Crippen LogP contribution in [-0.4, -0.2) is 21.4 Å². The predicted octanol–water partition coefficient (Wildman–Crippen LogP) is 1.51. The molecule has 0 bridgehead atoms. The highest BCUT2D eigenvalue weighted by Crippen LogP contribution is 2.14. The van der Waals surface area contributed by atoms with Gasteiger partial charge in [0.25, 0.3) is 5.78 Å². The summed E-state index contributed by atoms with van der Waals surface area (Å²) in [5, 5.41) is 1.09. The van der Waals surface area contributed by atoms with Crippen LogP contribution in [-0.2, 0) is 11.3 Å². The number of rotatable bonds is 3. The lowest BCUT2D eigenvalue weighted by Gasteiger charge is -1.99. The molecule has 2 rings (SSSR count). The van der Waals surface area contributed by atoms with Crippen molar-refractivity contribution in [3.8, 4) is 0 Å². The fraction of sp³-hybridized carbons (Fsp3) is 0.0909. The summed E-state index contributed by atoms with van der Waals surface area (Å²) in [5.41, 5.74) is 9.22. The van der Waals surface area contributed by atoms with Crippen molar-refractivity contribution in [1.29, 1.82) is 0 Å². The van der Waals surface area contributed by atoms with E-state index in [1.165, 1.54) is 0 Å². The van der Waals surface area contributed by atoms with Gasteiger partial charge in [0.2, 0.25) is 0 Å². The van der Waals surface area contributed by atoms with Gasteiger partial charge in [-0.15, -0.1) is 0 Å². The third-order valence-corrected chi connectivity index (χ3v) is 2.21. The molecule has 0 atom stereocenters. The average Bonchev–Trinajstić information content (AvgIpc) is 2.62. The number of para-hydroxylation sites is 1. The van der Waals surface area contributed by atoms with Crippen LogP contribution in [0.2, 0.25) is 0 Å². The van der Waals surface area contributed by atoms with Crippen LogP contribution >= 0.6 is 0 Å². The fourth-order valence-corrected chi connectivity index (χ4v) is 1.55. The molecule has 4 nitrogen and oxygen atoms in total. The number of Topliss-reactive ketones (excluding diaryl/α,β-unsaturated/α-hetero) is 1. The number of ketones is 1. The van der Waals surface area contributed by atoms with E-state index in [2.05, 4.69) is 4.79 Å². The summed E-state index contributed by atoms with van der Waals surface area (Å²) < 4.78 is 1.82. The molecule has 2 aromatic rings. The Morgan fingerprint density at radius 3 is 3.00 bits per heavy atom. The van der Waals surface area contributed by atoms with Crippen molar-refractivity contribution in [2.75, 3.05) is 0 Å². The monoisotopic (exact) mass is 199 g/mol. The third-order valence-electron chi connectivity index (χ3n) is 2.21. The lowest BCUT2D eigenvalue weighted by atomic mass is 10.2. The van der Waals surface area contributed by atoms with Crippen molar-refractivity contribution in [2.45, 2.75) is 6.54 Å². The molecule has 0 saturated heterocycles. The molecule has 0 N–H and O–H groups in total. The normalized spacial score (nSPS) is 9.87. The van der Waals surface area contributed by atoms with Gasteiger partial charge in [0.05, 0.1) is 6.54 Å². The zero-order chi connectivity index (χ0) is 10.7. The predicted molar refractivity (Wildman–Crippen MR) is 56.6 cm³/mol. The molecule has 0 radical (unpaired) electrons. The van der Waals surface area contributed by atoms with Crippen molar-refractivity contribution >= 4 is 22.9 Å². The van der Waals surface area contributed by atoms with Crippen LogP contribution in [0.5, 0.6) is 0 Å². The molecule has 1 aromatic carbocycles. The molecular weight excluding hydrogens is 190 g/mol. The standard InChI is InChI=1S/C11H9N3O/c12-13-7-10(15)8-14-6-5-9-3-1-2-4-11(9)14/h1-7H,8H2. The first-order valence-electron chi connectivity index (χ1n) is 4.55. The Kier molecular flexibility index (Phi) is 2.44. The van der Waals surface area contributed by atoms with Crippen LogP contribution in [0.4, 0.5) is 0 Å². The van der Waals surface area contributed by atoms with Crippen molar-refractivity contribution < 1.29 is 9.58 Å². The number of carbonyl (C=O) groups excluding carboxylic acids is 1. The van der Waals surface area contributed by atoms with Gasteiger partial charge in [-0.2, -0.15) is 4.79 Å². The molecule has 0 amide bonds. The van der Waals surface area contributed by atoms with E-state index in [0.717, 1.165) is 17.1 Å². The van der Waals surface area contributed by atoms with Crippen LogP contribution in [0.25, 0.3) is 16.4 Å². The molecule has 15 heavy (non-hydrogen) atoms. The zero-order valence-corrected chi connectivity index (χ0v) is 8.00. The van der Waals surface area contributed by atoms with E-state index in [0.29, 0.717) is 0 Å². The molecule has 1 aromatic heterocycles. The molecular formula is C11H9N3O. The highest BCUT2D eigenvalue weighted by molar-refractivity contribution is 6.25. The zero-order valence-electron chi connectivity index (χ0n) is 8.00. The van der Waals surface area contributed by atoms with Crippen LogP contribution in [0.1, 0.15) is 0 Å². The maximum absolute atomic E-state index is 11.2. The van der Waals surface area contributed by atoms with Crippen molar-refractivity contribution in [3.63, 3.8) is 0 Å². The maximum Gasteiger partial charge on any atom is 0.325 e. The SMILES string of the molecule is [N-]=[N+]=CC(=O)Cn1ccc2ccccc21. The quantitative estimate of drug-likeness (QED) is 0.420.